The Bertz CT molecular complexity index is 412. The third kappa shape index (κ3) is 14.0. The smallest absolute Gasteiger partial charge is 0.264 e. The number of nitrogens with zero attached hydrogens (tertiary/aromatic N) is 1. The Hall–Kier alpha value is -0.220. The second-order valence-corrected chi connectivity index (χ2v) is 8.43. The van der Waals surface area contributed by atoms with Gasteiger partial charge in [0.15, 0.2) is 0 Å². The highest BCUT2D eigenvalue weighted by atomic mass is 32.2. The zero-order chi connectivity index (χ0) is 15.2. The molecule has 0 unspecified atom stereocenters. The molecule has 0 N–H and O–H groups in total. The van der Waals surface area contributed by atoms with Gasteiger partial charge in [-0.2, -0.15) is 16.8 Å². The van der Waals surface area contributed by atoms with E-state index in [1.165, 1.54) is 0 Å². The summed E-state index contributed by atoms with van der Waals surface area (Å²) in [5.74, 6) is 0. The summed E-state index contributed by atoms with van der Waals surface area (Å²) in [5, 5.41) is 0. The number of rotatable bonds is 10. The largest absolute Gasteiger partial charge is 0.328 e. The molecule has 0 fully saturated rings. The van der Waals surface area contributed by atoms with Gasteiger partial charge in [-0.1, -0.05) is 0 Å². The van der Waals surface area contributed by atoms with Gasteiger partial charge < -0.3 is 4.48 Å². The van der Waals surface area contributed by atoms with Gasteiger partial charge in [0.25, 0.3) is 20.2 Å². The maximum Gasteiger partial charge on any atom is 0.264 e. The Labute approximate surface area is 116 Å². The van der Waals surface area contributed by atoms with E-state index in [1.54, 1.807) is 0 Å². The normalized spacial score (nSPS) is 13.7. The van der Waals surface area contributed by atoms with E-state index < -0.39 is 20.2 Å². The van der Waals surface area contributed by atoms with E-state index in [9.17, 15) is 16.8 Å². The van der Waals surface area contributed by atoms with Gasteiger partial charge in [0.2, 0.25) is 0 Å². The van der Waals surface area contributed by atoms with Gasteiger partial charge in [0, 0.05) is 12.8 Å². The predicted octanol–water partition coefficient (Wildman–Crippen LogP) is -0.205. The summed E-state index contributed by atoms with van der Waals surface area (Å²) in [6.07, 6.45) is 3.28. The molecule has 0 aliphatic rings. The second-order valence-electron chi connectivity index (χ2n) is 5.14. The van der Waals surface area contributed by atoms with Gasteiger partial charge in [-0.15, -0.1) is 0 Å². The number of hydrogen-bond donors (Lipinski definition) is 0. The molecule has 0 heterocycles. The maximum absolute atomic E-state index is 10.8. The molecule has 9 heteroatoms. The lowest BCUT2D eigenvalue weighted by Crippen LogP contribution is -2.42. The Morgan fingerprint density at radius 2 is 1.11 bits per heavy atom. The molecule has 19 heavy (non-hydrogen) atoms. The monoisotopic (exact) mass is 318 g/mol. The van der Waals surface area contributed by atoms with Crippen LogP contribution in [0.25, 0.3) is 0 Å². The van der Waals surface area contributed by atoms with Crippen LogP contribution in [0.5, 0.6) is 0 Å². The highest BCUT2D eigenvalue weighted by Crippen LogP contribution is 2.03. The quantitative estimate of drug-likeness (QED) is 0.315. The van der Waals surface area contributed by atoms with Crippen molar-refractivity contribution in [3.63, 3.8) is 0 Å². The highest BCUT2D eigenvalue weighted by molar-refractivity contribution is 7.86. The average Bonchev–Trinajstić information content (AvgIpc) is 2.17. The van der Waals surface area contributed by atoms with Gasteiger partial charge in [0.1, 0.15) is 0 Å². The van der Waals surface area contributed by atoms with Crippen LogP contribution in [0.4, 0.5) is 0 Å². The molecule has 0 spiro atoms. The third-order valence-corrected chi connectivity index (χ3v) is 3.60. The molecule has 0 bridgehead atoms. The molecule has 0 aromatic heterocycles. The van der Waals surface area contributed by atoms with Gasteiger partial charge in [-0.25, -0.2) is 0 Å². The van der Waals surface area contributed by atoms with Gasteiger partial charge in [-0.05, 0) is 0 Å². The van der Waals surface area contributed by atoms with E-state index in [1.807, 2.05) is 14.1 Å². The first kappa shape index (κ1) is 18.8. The maximum atomic E-state index is 10.8. The van der Waals surface area contributed by atoms with Crippen molar-refractivity contribution in [1.82, 2.24) is 0 Å². The van der Waals surface area contributed by atoms with Crippen LogP contribution in [0.15, 0.2) is 0 Å². The molecule has 0 aliphatic carbocycles. The van der Waals surface area contributed by atoms with Crippen molar-refractivity contribution < 1.29 is 29.7 Å². The van der Waals surface area contributed by atoms with E-state index in [0.717, 1.165) is 25.6 Å². The minimum atomic E-state index is -3.37. The summed E-state index contributed by atoms with van der Waals surface area (Å²) in [5.41, 5.74) is 0. The van der Waals surface area contributed by atoms with Crippen molar-refractivity contribution in [3.8, 4) is 0 Å². The number of hydrogen-bond acceptors (Lipinski definition) is 6. The molecule has 0 radical (unpaired) electrons. The van der Waals surface area contributed by atoms with Crippen molar-refractivity contribution >= 4 is 20.2 Å². The minimum absolute atomic E-state index is 0.167. The third-order valence-electron chi connectivity index (χ3n) is 2.41. The first-order chi connectivity index (χ1) is 8.41. The molecule has 0 saturated carbocycles. The SMILES string of the molecule is C[N+](C)(CCCOS(C)(=O)=O)CCCOS(C)(=O)=O. The second kappa shape index (κ2) is 7.53. The van der Waals surface area contributed by atoms with Crippen LogP contribution in [0.1, 0.15) is 12.8 Å². The first-order valence-corrected chi connectivity index (χ1v) is 9.55. The van der Waals surface area contributed by atoms with E-state index in [0.29, 0.717) is 17.3 Å². The molecule has 0 atom stereocenters. The van der Waals surface area contributed by atoms with Crippen LogP contribution in [0, 0.1) is 0 Å². The predicted molar refractivity (Wildman–Crippen MR) is 72.7 cm³/mol. The molecular formula is C10H24NO6S2+. The number of quaternary nitrogens is 1. The van der Waals surface area contributed by atoms with E-state index in [2.05, 4.69) is 8.37 Å². The van der Waals surface area contributed by atoms with Crippen LogP contribution in [-0.4, -0.2) is 74.2 Å². The molecular weight excluding hydrogens is 294 g/mol. The Morgan fingerprint density at radius 1 is 0.789 bits per heavy atom. The van der Waals surface area contributed by atoms with Crippen molar-refractivity contribution in [1.29, 1.82) is 0 Å². The zero-order valence-electron chi connectivity index (χ0n) is 12.0. The van der Waals surface area contributed by atoms with Crippen LogP contribution >= 0.6 is 0 Å². The molecule has 0 amide bonds. The van der Waals surface area contributed by atoms with Gasteiger partial charge >= 0.3 is 0 Å². The summed E-state index contributed by atoms with van der Waals surface area (Å²) < 4.78 is 53.0. The van der Waals surface area contributed by atoms with Crippen LogP contribution in [-0.2, 0) is 28.6 Å². The standard InChI is InChI=1S/C10H24NO6S2/c1-11(2,7-5-9-16-18(3,12)13)8-6-10-17-19(4,14)15/h5-10H2,1-4H3/q+1. The minimum Gasteiger partial charge on any atom is -0.328 e. The highest BCUT2D eigenvalue weighted by Gasteiger charge is 2.15. The fraction of sp³-hybridized carbons (Fsp3) is 1.00. The molecule has 0 saturated heterocycles. The van der Waals surface area contributed by atoms with Crippen molar-refractivity contribution in [3.05, 3.63) is 0 Å². The van der Waals surface area contributed by atoms with E-state index in [4.69, 9.17) is 0 Å². The topological polar surface area (TPSA) is 86.7 Å². The Morgan fingerprint density at radius 3 is 1.37 bits per heavy atom. The average molecular weight is 318 g/mol. The summed E-state index contributed by atoms with van der Waals surface area (Å²) >= 11 is 0. The lowest BCUT2D eigenvalue weighted by atomic mass is 10.3. The summed E-state index contributed by atoms with van der Waals surface area (Å²) in [7, 11) is -2.77. The summed E-state index contributed by atoms with van der Waals surface area (Å²) in [6.45, 7) is 1.82. The fourth-order valence-electron chi connectivity index (χ4n) is 1.52. The lowest BCUT2D eigenvalue weighted by molar-refractivity contribution is -0.890. The van der Waals surface area contributed by atoms with Crippen molar-refractivity contribution in [2.75, 3.05) is 52.9 Å². The summed E-state index contributed by atoms with van der Waals surface area (Å²) in [6, 6.07) is 0. The molecule has 0 rings (SSSR count). The molecule has 0 aliphatic heterocycles. The molecule has 116 valence electrons. The zero-order valence-corrected chi connectivity index (χ0v) is 13.6. The van der Waals surface area contributed by atoms with E-state index >= 15 is 0 Å². The first-order valence-electron chi connectivity index (χ1n) is 5.92. The van der Waals surface area contributed by atoms with Crippen LogP contribution in [0.3, 0.4) is 0 Å². The lowest BCUT2D eigenvalue weighted by Gasteiger charge is -2.29. The molecule has 7 nitrogen and oxygen atoms in total. The molecule has 0 aromatic carbocycles. The van der Waals surface area contributed by atoms with Crippen LogP contribution in [0.2, 0.25) is 0 Å². The Balaban J connectivity index is 3.80. The van der Waals surface area contributed by atoms with Gasteiger partial charge in [-0.3, -0.25) is 8.37 Å². The fourth-order valence-corrected chi connectivity index (χ4v) is 2.36. The Kier molecular flexibility index (Phi) is 7.45. The van der Waals surface area contributed by atoms with Gasteiger partial charge in [0.05, 0.1) is 52.9 Å². The summed E-state index contributed by atoms with van der Waals surface area (Å²) in [4.78, 5) is 0. The molecule has 0 aromatic rings. The van der Waals surface area contributed by atoms with Crippen molar-refractivity contribution in [2.24, 2.45) is 0 Å². The van der Waals surface area contributed by atoms with Crippen LogP contribution < -0.4 is 0 Å². The van der Waals surface area contributed by atoms with E-state index in [-0.39, 0.29) is 13.2 Å². The van der Waals surface area contributed by atoms with Crippen molar-refractivity contribution in [2.45, 2.75) is 12.8 Å².